The smallest absolute Gasteiger partial charge is 0.305 e. The number of esters is 1. The molecule has 1 amide bonds. The van der Waals surface area contributed by atoms with Crippen LogP contribution in [-0.2, 0) is 14.3 Å². The number of allylic oxidation sites excluding steroid dienone is 3. The van der Waals surface area contributed by atoms with Gasteiger partial charge in [-0.05, 0) is 57.8 Å². The van der Waals surface area contributed by atoms with Gasteiger partial charge < -0.3 is 20.3 Å². The summed E-state index contributed by atoms with van der Waals surface area (Å²) < 4.78 is 5.48. The highest BCUT2D eigenvalue weighted by Gasteiger charge is 2.18. The minimum atomic E-state index is -0.856. The first-order valence-corrected chi connectivity index (χ1v) is 31.1. The number of hydrogen-bond donors (Lipinski definition) is 3. The second-order valence-corrected chi connectivity index (χ2v) is 21.4. The lowest BCUT2D eigenvalue weighted by molar-refractivity contribution is -0.143. The molecule has 0 aliphatic heterocycles. The van der Waals surface area contributed by atoms with Crippen molar-refractivity contribution in [2.45, 2.75) is 353 Å². The Morgan fingerprint density at radius 2 is 0.681 bits per heavy atom. The van der Waals surface area contributed by atoms with Crippen molar-refractivity contribution in [2.24, 2.45) is 0 Å². The molecule has 0 heterocycles. The van der Waals surface area contributed by atoms with E-state index in [2.05, 4.69) is 31.3 Å². The molecule has 0 bridgehead atoms. The molecule has 0 fully saturated rings. The second-order valence-electron chi connectivity index (χ2n) is 21.4. The lowest BCUT2D eigenvalue weighted by Gasteiger charge is -2.20. The van der Waals surface area contributed by atoms with Gasteiger partial charge in [0, 0.05) is 12.8 Å². The van der Waals surface area contributed by atoms with Crippen LogP contribution in [-0.4, -0.2) is 47.4 Å². The molecular formula is C63H121NO5. The maximum absolute atomic E-state index is 12.5. The van der Waals surface area contributed by atoms with Gasteiger partial charge in [-0.15, -0.1) is 0 Å². The van der Waals surface area contributed by atoms with E-state index in [0.29, 0.717) is 19.4 Å². The van der Waals surface area contributed by atoms with E-state index in [9.17, 15) is 19.8 Å². The van der Waals surface area contributed by atoms with Crippen LogP contribution in [0.5, 0.6) is 0 Å². The Morgan fingerprint density at radius 1 is 0.391 bits per heavy atom. The first-order chi connectivity index (χ1) is 34.0. The lowest BCUT2D eigenvalue weighted by Crippen LogP contribution is -2.45. The summed E-state index contributed by atoms with van der Waals surface area (Å²) in [5.74, 6) is -0.0935. The molecule has 0 aromatic heterocycles. The third-order valence-electron chi connectivity index (χ3n) is 14.5. The summed E-state index contributed by atoms with van der Waals surface area (Å²) in [4.78, 5) is 24.6. The first-order valence-electron chi connectivity index (χ1n) is 31.1. The summed E-state index contributed by atoms with van der Waals surface area (Å²) in [5.41, 5.74) is 0. The highest BCUT2D eigenvalue weighted by Crippen LogP contribution is 2.17. The molecule has 69 heavy (non-hydrogen) atoms. The summed E-state index contributed by atoms with van der Waals surface area (Å²) in [6, 6.07) is -0.641. The molecule has 3 N–H and O–H groups in total. The van der Waals surface area contributed by atoms with Gasteiger partial charge in [-0.25, -0.2) is 0 Å². The standard InChI is InChI=1S/C63H121NO5/c1-3-5-7-9-11-13-15-17-19-21-22-23-24-25-26-28-29-31-35-39-43-47-51-55-61(66)60(59-65)64-62(67)56-52-48-44-40-36-33-34-38-42-46-50-54-58-69-63(68)57-53-49-45-41-37-32-30-27-20-18-16-14-12-10-8-6-4-2/h18,20,51,55,60-61,65-66H,3-17,19,21-50,52-54,56-59H2,1-2H3,(H,64,67)/b20-18-,55-51+. The van der Waals surface area contributed by atoms with Crippen molar-refractivity contribution in [3.63, 3.8) is 0 Å². The Hall–Kier alpha value is -1.66. The van der Waals surface area contributed by atoms with E-state index >= 15 is 0 Å². The van der Waals surface area contributed by atoms with Gasteiger partial charge in [0.25, 0.3) is 0 Å². The van der Waals surface area contributed by atoms with Crippen molar-refractivity contribution < 1.29 is 24.5 Å². The van der Waals surface area contributed by atoms with Crippen LogP contribution < -0.4 is 5.32 Å². The third kappa shape index (κ3) is 55.5. The van der Waals surface area contributed by atoms with Crippen LogP contribution in [0.2, 0.25) is 0 Å². The van der Waals surface area contributed by atoms with Crippen molar-refractivity contribution >= 4 is 11.9 Å². The SMILES string of the molecule is CCCCCCCC/C=C\CCCCCCCCCC(=O)OCCCCCCCCCCCCCCC(=O)NC(CO)C(O)/C=C/CCCCCCCCCCCCCCCCCCCCCCC. The maximum Gasteiger partial charge on any atom is 0.305 e. The Balaban J connectivity index is 3.47. The highest BCUT2D eigenvalue weighted by molar-refractivity contribution is 5.76. The van der Waals surface area contributed by atoms with Crippen molar-refractivity contribution in [3.05, 3.63) is 24.3 Å². The normalized spacial score (nSPS) is 12.7. The minimum absolute atomic E-state index is 0.0132. The van der Waals surface area contributed by atoms with Crippen molar-refractivity contribution in [2.75, 3.05) is 13.2 Å². The van der Waals surface area contributed by atoms with Gasteiger partial charge in [0.15, 0.2) is 0 Å². The van der Waals surface area contributed by atoms with Crippen LogP contribution >= 0.6 is 0 Å². The number of carbonyl (C=O) groups excluding carboxylic acids is 2. The molecule has 6 nitrogen and oxygen atoms in total. The van der Waals surface area contributed by atoms with Crippen LogP contribution in [0, 0.1) is 0 Å². The number of amides is 1. The van der Waals surface area contributed by atoms with E-state index in [1.807, 2.05) is 6.08 Å². The van der Waals surface area contributed by atoms with Crippen LogP contribution in [0.3, 0.4) is 0 Å². The Labute approximate surface area is 431 Å². The van der Waals surface area contributed by atoms with E-state index < -0.39 is 12.1 Å². The Bertz CT molecular complexity index is 1080. The largest absolute Gasteiger partial charge is 0.466 e. The zero-order valence-electron chi connectivity index (χ0n) is 46.6. The second kappa shape index (κ2) is 58.9. The average Bonchev–Trinajstić information content (AvgIpc) is 3.35. The molecule has 6 heteroatoms. The molecular weight excluding hydrogens is 851 g/mol. The Kier molecular flexibility index (Phi) is 57.5. The topological polar surface area (TPSA) is 95.9 Å². The molecule has 0 aliphatic rings. The molecule has 0 spiro atoms. The number of aliphatic hydroxyl groups is 2. The van der Waals surface area contributed by atoms with Gasteiger partial charge in [-0.1, -0.05) is 295 Å². The van der Waals surface area contributed by atoms with Crippen LogP contribution in [0.15, 0.2) is 24.3 Å². The number of hydrogen-bond acceptors (Lipinski definition) is 5. The first kappa shape index (κ1) is 67.3. The number of ether oxygens (including phenoxy) is 1. The van der Waals surface area contributed by atoms with Gasteiger partial charge in [0.2, 0.25) is 5.91 Å². The minimum Gasteiger partial charge on any atom is -0.466 e. The fourth-order valence-electron chi connectivity index (χ4n) is 9.69. The van der Waals surface area contributed by atoms with Crippen molar-refractivity contribution in [3.8, 4) is 0 Å². The molecule has 0 aliphatic carbocycles. The van der Waals surface area contributed by atoms with E-state index in [1.54, 1.807) is 6.08 Å². The fourth-order valence-corrected chi connectivity index (χ4v) is 9.69. The maximum atomic E-state index is 12.5. The number of nitrogens with one attached hydrogen (secondary N) is 1. The fraction of sp³-hybridized carbons (Fsp3) is 0.905. The van der Waals surface area contributed by atoms with Gasteiger partial charge in [-0.2, -0.15) is 0 Å². The summed E-state index contributed by atoms with van der Waals surface area (Å²) >= 11 is 0. The molecule has 408 valence electrons. The predicted molar refractivity (Wildman–Crippen MR) is 301 cm³/mol. The van der Waals surface area contributed by atoms with Crippen LogP contribution in [0.4, 0.5) is 0 Å². The zero-order chi connectivity index (χ0) is 50.0. The summed E-state index contributed by atoms with van der Waals surface area (Å²) in [6.45, 7) is 4.89. The average molecular weight is 973 g/mol. The molecule has 2 atom stereocenters. The molecule has 0 aromatic rings. The molecule has 0 rings (SSSR count). The lowest BCUT2D eigenvalue weighted by atomic mass is 10.0. The molecule has 0 radical (unpaired) electrons. The highest BCUT2D eigenvalue weighted by atomic mass is 16.5. The summed E-state index contributed by atoms with van der Waals surface area (Å²) in [7, 11) is 0. The van der Waals surface area contributed by atoms with Gasteiger partial charge >= 0.3 is 5.97 Å². The summed E-state index contributed by atoms with van der Waals surface area (Å²) in [6.07, 6.45) is 72.1. The van der Waals surface area contributed by atoms with Gasteiger partial charge in [-0.3, -0.25) is 9.59 Å². The Morgan fingerprint density at radius 3 is 1.03 bits per heavy atom. The number of carbonyl (C=O) groups is 2. The van der Waals surface area contributed by atoms with Crippen molar-refractivity contribution in [1.29, 1.82) is 0 Å². The van der Waals surface area contributed by atoms with E-state index in [4.69, 9.17) is 4.74 Å². The molecule has 0 saturated heterocycles. The molecule has 0 saturated carbocycles. The third-order valence-corrected chi connectivity index (χ3v) is 14.5. The predicted octanol–water partition coefficient (Wildman–Crippen LogP) is 19.4. The van der Waals surface area contributed by atoms with Crippen molar-refractivity contribution in [1.82, 2.24) is 5.32 Å². The van der Waals surface area contributed by atoms with Crippen LogP contribution in [0.1, 0.15) is 341 Å². The van der Waals surface area contributed by atoms with E-state index in [-0.39, 0.29) is 18.5 Å². The zero-order valence-corrected chi connectivity index (χ0v) is 46.6. The molecule has 2 unspecified atom stereocenters. The monoisotopic (exact) mass is 972 g/mol. The van der Waals surface area contributed by atoms with Crippen LogP contribution in [0.25, 0.3) is 0 Å². The van der Waals surface area contributed by atoms with E-state index in [1.165, 1.54) is 257 Å². The molecule has 0 aromatic carbocycles. The van der Waals surface area contributed by atoms with Gasteiger partial charge in [0.05, 0.1) is 25.4 Å². The number of rotatable bonds is 58. The van der Waals surface area contributed by atoms with E-state index in [0.717, 1.165) is 57.8 Å². The van der Waals surface area contributed by atoms with Gasteiger partial charge in [0.1, 0.15) is 0 Å². The quantitative estimate of drug-likeness (QED) is 0.0321. The number of aliphatic hydroxyl groups excluding tert-OH is 2. The summed E-state index contributed by atoms with van der Waals surface area (Å²) in [5, 5.41) is 23.2. The number of unbranched alkanes of at least 4 members (excludes halogenated alkanes) is 45.